The summed E-state index contributed by atoms with van der Waals surface area (Å²) in [6.45, 7) is 8.35. The molecule has 0 saturated carbocycles. The number of hydrogen-bond donors (Lipinski definition) is 1. The molecule has 0 fully saturated rings. The summed E-state index contributed by atoms with van der Waals surface area (Å²) in [7, 11) is 0. The molecule has 0 bridgehead atoms. The van der Waals surface area contributed by atoms with Gasteiger partial charge in [0.05, 0.1) is 10.7 Å². The summed E-state index contributed by atoms with van der Waals surface area (Å²) in [4.78, 5) is 8.58. The summed E-state index contributed by atoms with van der Waals surface area (Å²) < 4.78 is 0. The predicted molar refractivity (Wildman–Crippen MR) is 64.2 cm³/mol. The fourth-order valence-electron chi connectivity index (χ4n) is 1.89. The first kappa shape index (κ1) is 11.0. The highest BCUT2D eigenvalue weighted by atomic mass is 32.1. The van der Waals surface area contributed by atoms with E-state index in [0.29, 0.717) is 5.92 Å². The van der Waals surface area contributed by atoms with Crippen molar-refractivity contribution in [2.45, 2.75) is 32.7 Å². The van der Waals surface area contributed by atoms with Crippen molar-refractivity contribution in [3.05, 3.63) is 15.6 Å². The molecule has 2 rings (SSSR count). The maximum atomic E-state index is 5.58. The van der Waals surface area contributed by atoms with Crippen LogP contribution in [0.4, 0.5) is 0 Å². The SMILES string of the molecule is CC(C)c1nc2c(s1)CN(CCN)CC2. The van der Waals surface area contributed by atoms with Crippen molar-refractivity contribution in [2.24, 2.45) is 5.73 Å². The summed E-state index contributed by atoms with van der Waals surface area (Å²) in [5.74, 6) is 0.559. The summed E-state index contributed by atoms with van der Waals surface area (Å²) in [5.41, 5.74) is 6.91. The molecule has 1 aliphatic rings. The van der Waals surface area contributed by atoms with Gasteiger partial charge >= 0.3 is 0 Å². The summed E-state index contributed by atoms with van der Waals surface area (Å²) >= 11 is 1.88. The zero-order valence-corrected chi connectivity index (χ0v) is 10.3. The molecule has 0 atom stereocenters. The Kier molecular flexibility index (Phi) is 3.38. The van der Waals surface area contributed by atoms with Gasteiger partial charge in [0, 0.05) is 43.4 Å². The molecule has 1 aromatic heterocycles. The summed E-state index contributed by atoms with van der Waals surface area (Å²) in [5, 5.41) is 1.29. The van der Waals surface area contributed by atoms with E-state index < -0.39 is 0 Å². The smallest absolute Gasteiger partial charge is 0.0957 e. The number of rotatable bonds is 3. The Morgan fingerprint density at radius 1 is 1.53 bits per heavy atom. The molecule has 0 aromatic carbocycles. The predicted octanol–water partition coefficient (Wildman–Crippen LogP) is 1.58. The van der Waals surface area contributed by atoms with E-state index in [9.17, 15) is 0 Å². The van der Waals surface area contributed by atoms with E-state index in [4.69, 9.17) is 10.7 Å². The van der Waals surface area contributed by atoms with E-state index in [2.05, 4.69) is 18.7 Å². The summed E-state index contributed by atoms with van der Waals surface area (Å²) in [6, 6.07) is 0. The van der Waals surface area contributed by atoms with E-state index in [0.717, 1.165) is 32.6 Å². The van der Waals surface area contributed by atoms with Gasteiger partial charge in [-0.1, -0.05) is 13.8 Å². The van der Waals surface area contributed by atoms with E-state index in [-0.39, 0.29) is 0 Å². The zero-order valence-electron chi connectivity index (χ0n) is 9.49. The molecule has 1 aliphatic heterocycles. The molecule has 1 aromatic rings. The van der Waals surface area contributed by atoms with Crippen LogP contribution in [0.3, 0.4) is 0 Å². The quantitative estimate of drug-likeness (QED) is 0.849. The number of fused-ring (bicyclic) bond motifs is 1. The number of thiazole rings is 1. The van der Waals surface area contributed by atoms with Crippen molar-refractivity contribution in [3.8, 4) is 0 Å². The molecule has 0 aliphatic carbocycles. The first-order chi connectivity index (χ1) is 7.20. The lowest BCUT2D eigenvalue weighted by atomic mass is 10.2. The molecule has 0 unspecified atom stereocenters. The molecule has 0 radical (unpaired) electrons. The van der Waals surface area contributed by atoms with Crippen LogP contribution in [-0.4, -0.2) is 29.5 Å². The minimum Gasteiger partial charge on any atom is -0.329 e. The molecule has 0 saturated heterocycles. The minimum absolute atomic E-state index is 0.559. The van der Waals surface area contributed by atoms with Gasteiger partial charge in [0.15, 0.2) is 0 Å². The molecule has 2 N–H and O–H groups in total. The highest BCUT2D eigenvalue weighted by Gasteiger charge is 2.20. The number of nitrogens with two attached hydrogens (primary N) is 1. The Bertz CT molecular complexity index is 333. The van der Waals surface area contributed by atoms with Crippen LogP contribution in [0.5, 0.6) is 0 Å². The maximum Gasteiger partial charge on any atom is 0.0957 e. The molecular formula is C11H19N3S. The van der Waals surface area contributed by atoms with E-state index >= 15 is 0 Å². The topological polar surface area (TPSA) is 42.2 Å². The molecule has 2 heterocycles. The second-order valence-electron chi connectivity index (χ2n) is 4.39. The Labute approximate surface area is 95.3 Å². The van der Waals surface area contributed by atoms with E-state index in [1.165, 1.54) is 15.6 Å². The molecule has 0 amide bonds. The van der Waals surface area contributed by atoms with Crippen LogP contribution in [0.15, 0.2) is 0 Å². The van der Waals surface area contributed by atoms with Gasteiger partial charge in [-0.25, -0.2) is 4.98 Å². The van der Waals surface area contributed by atoms with Gasteiger partial charge in [-0.05, 0) is 0 Å². The number of aromatic nitrogens is 1. The molecule has 84 valence electrons. The van der Waals surface area contributed by atoms with E-state index in [1.54, 1.807) is 0 Å². The number of hydrogen-bond acceptors (Lipinski definition) is 4. The monoisotopic (exact) mass is 225 g/mol. The standard InChI is InChI=1S/C11H19N3S/c1-8(2)11-13-9-3-5-14(6-4-12)7-10(9)15-11/h8H,3-7,12H2,1-2H3. The molecule has 0 spiro atoms. The van der Waals surface area contributed by atoms with Crippen LogP contribution in [0, 0.1) is 0 Å². The average Bonchev–Trinajstić information content (AvgIpc) is 2.61. The van der Waals surface area contributed by atoms with Crippen molar-refractivity contribution in [2.75, 3.05) is 19.6 Å². The lowest BCUT2D eigenvalue weighted by molar-refractivity contribution is 0.263. The Morgan fingerprint density at radius 2 is 2.33 bits per heavy atom. The second kappa shape index (κ2) is 4.60. The van der Waals surface area contributed by atoms with Crippen LogP contribution < -0.4 is 5.73 Å². The first-order valence-corrected chi connectivity index (χ1v) is 6.43. The van der Waals surface area contributed by atoms with Gasteiger partial charge in [0.2, 0.25) is 0 Å². The highest BCUT2D eigenvalue weighted by Crippen LogP contribution is 2.28. The fraction of sp³-hybridized carbons (Fsp3) is 0.727. The lowest BCUT2D eigenvalue weighted by Crippen LogP contribution is -2.33. The third kappa shape index (κ3) is 2.38. The van der Waals surface area contributed by atoms with Crippen LogP contribution in [-0.2, 0) is 13.0 Å². The maximum absolute atomic E-state index is 5.58. The largest absolute Gasteiger partial charge is 0.329 e. The van der Waals surface area contributed by atoms with Crippen LogP contribution >= 0.6 is 11.3 Å². The Morgan fingerprint density at radius 3 is 3.00 bits per heavy atom. The molecule has 4 heteroatoms. The average molecular weight is 225 g/mol. The van der Waals surface area contributed by atoms with E-state index in [1.807, 2.05) is 11.3 Å². The van der Waals surface area contributed by atoms with Gasteiger partial charge in [0.1, 0.15) is 0 Å². The fourth-order valence-corrected chi connectivity index (χ4v) is 3.05. The minimum atomic E-state index is 0.559. The van der Waals surface area contributed by atoms with Crippen molar-refractivity contribution in [1.29, 1.82) is 0 Å². The van der Waals surface area contributed by atoms with Gasteiger partial charge in [-0.2, -0.15) is 0 Å². The van der Waals surface area contributed by atoms with Crippen LogP contribution in [0.1, 0.15) is 35.3 Å². The van der Waals surface area contributed by atoms with Crippen LogP contribution in [0.2, 0.25) is 0 Å². The number of nitrogens with zero attached hydrogens (tertiary/aromatic N) is 2. The second-order valence-corrected chi connectivity index (χ2v) is 5.51. The van der Waals surface area contributed by atoms with Crippen LogP contribution in [0.25, 0.3) is 0 Å². The van der Waals surface area contributed by atoms with Gasteiger partial charge in [-0.15, -0.1) is 11.3 Å². The van der Waals surface area contributed by atoms with Crippen molar-refractivity contribution in [3.63, 3.8) is 0 Å². The summed E-state index contributed by atoms with van der Waals surface area (Å²) in [6.07, 6.45) is 1.10. The first-order valence-electron chi connectivity index (χ1n) is 5.61. The van der Waals surface area contributed by atoms with Gasteiger partial charge in [0.25, 0.3) is 0 Å². The zero-order chi connectivity index (χ0) is 10.8. The van der Waals surface area contributed by atoms with Crippen molar-refractivity contribution in [1.82, 2.24) is 9.88 Å². The normalized spacial score (nSPS) is 17.1. The van der Waals surface area contributed by atoms with Gasteiger partial charge < -0.3 is 5.73 Å². The highest BCUT2D eigenvalue weighted by molar-refractivity contribution is 7.11. The Balaban J connectivity index is 2.12. The molecule has 3 nitrogen and oxygen atoms in total. The lowest BCUT2D eigenvalue weighted by Gasteiger charge is -2.24. The third-order valence-electron chi connectivity index (χ3n) is 2.77. The molecular weight excluding hydrogens is 206 g/mol. The van der Waals surface area contributed by atoms with Crippen molar-refractivity contribution >= 4 is 11.3 Å². The van der Waals surface area contributed by atoms with Gasteiger partial charge in [-0.3, -0.25) is 4.90 Å². The Hall–Kier alpha value is -0.450. The van der Waals surface area contributed by atoms with Crippen molar-refractivity contribution < 1.29 is 0 Å². The molecule has 15 heavy (non-hydrogen) atoms. The third-order valence-corrected chi connectivity index (χ3v) is 4.15.